The Morgan fingerprint density at radius 3 is 2.64 bits per heavy atom. The van der Waals surface area contributed by atoms with Crippen LogP contribution in [0.1, 0.15) is 40.2 Å². The molecule has 2 rings (SSSR count). The van der Waals surface area contributed by atoms with Crippen molar-refractivity contribution in [3.63, 3.8) is 0 Å². The predicted molar refractivity (Wildman–Crippen MR) is 90.6 cm³/mol. The van der Waals surface area contributed by atoms with E-state index in [0.29, 0.717) is 11.5 Å². The van der Waals surface area contributed by atoms with E-state index in [1.807, 2.05) is 36.4 Å². The van der Waals surface area contributed by atoms with Gasteiger partial charge in [0.15, 0.2) is 0 Å². The second-order valence-corrected chi connectivity index (χ2v) is 5.16. The summed E-state index contributed by atoms with van der Waals surface area (Å²) in [5, 5.41) is 0. The van der Waals surface area contributed by atoms with Crippen LogP contribution in [0.25, 0.3) is 0 Å². The summed E-state index contributed by atoms with van der Waals surface area (Å²) in [5.74, 6) is 8.33. The number of carbonyl (C=O) groups excluding carboxylic acids is 1. The minimum absolute atomic E-state index is 0.328. The molecule has 108 valence electrons. The van der Waals surface area contributed by atoms with E-state index in [2.05, 4.69) is 36.0 Å². The molecule has 2 aromatic carbocycles. The summed E-state index contributed by atoms with van der Waals surface area (Å²) in [6.07, 6.45) is 8.66. The van der Waals surface area contributed by atoms with Crippen molar-refractivity contribution in [1.82, 2.24) is 0 Å². The van der Waals surface area contributed by atoms with E-state index >= 15 is 0 Å². The standard InChI is InChI=1S/C21H18O/c1-2-3-4-8-13-20(15-18-10-6-5-7-11-18)21-14-9-12-19(16-21)17-22/h1,5-7,9-12,14,16-17,20H,8,13,15H2. The molecule has 1 heteroatoms. The highest BCUT2D eigenvalue weighted by atomic mass is 16.1. The summed E-state index contributed by atoms with van der Waals surface area (Å²) < 4.78 is 0. The van der Waals surface area contributed by atoms with Gasteiger partial charge >= 0.3 is 0 Å². The molecule has 0 saturated heterocycles. The van der Waals surface area contributed by atoms with Crippen LogP contribution in [-0.4, -0.2) is 6.29 Å². The van der Waals surface area contributed by atoms with Gasteiger partial charge in [0, 0.05) is 12.0 Å². The van der Waals surface area contributed by atoms with Crippen LogP contribution < -0.4 is 0 Å². The second kappa shape index (κ2) is 8.50. The summed E-state index contributed by atoms with van der Waals surface area (Å²) in [7, 11) is 0. The van der Waals surface area contributed by atoms with Gasteiger partial charge in [-0.2, -0.15) is 0 Å². The molecule has 0 fully saturated rings. The maximum absolute atomic E-state index is 11.0. The van der Waals surface area contributed by atoms with E-state index in [0.717, 1.165) is 25.5 Å². The van der Waals surface area contributed by atoms with E-state index in [9.17, 15) is 4.79 Å². The molecule has 0 aliphatic carbocycles. The molecule has 1 nitrogen and oxygen atoms in total. The number of rotatable bonds is 6. The third kappa shape index (κ3) is 4.65. The maximum atomic E-state index is 11.0. The summed E-state index contributed by atoms with van der Waals surface area (Å²) in [5.41, 5.74) is 3.18. The van der Waals surface area contributed by atoms with E-state index in [1.54, 1.807) is 0 Å². The smallest absolute Gasteiger partial charge is 0.150 e. The Morgan fingerprint density at radius 2 is 1.91 bits per heavy atom. The lowest BCUT2D eigenvalue weighted by Crippen LogP contribution is -2.04. The van der Waals surface area contributed by atoms with Crippen LogP contribution >= 0.6 is 0 Å². The van der Waals surface area contributed by atoms with Gasteiger partial charge in [-0.25, -0.2) is 0 Å². The van der Waals surface area contributed by atoms with Crippen molar-refractivity contribution in [3.05, 3.63) is 71.3 Å². The van der Waals surface area contributed by atoms with Crippen molar-refractivity contribution < 1.29 is 4.79 Å². The van der Waals surface area contributed by atoms with E-state index in [-0.39, 0.29) is 0 Å². The van der Waals surface area contributed by atoms with E-state index < -0.39 is 0 Å². The van der Waals surface area contributed by atoms with Gasteiger partial charge in [0.25, 0.3) is 0 Å². The van der Waals surface area contributed by atoms with Crippen LogP contribution in [0, 0.1) is 24.2 Å². The monoisotopic (exact) mass is 286 g/mol. The lowest BCUT2D eigenvalue weighted by atomic mass is 9.87. The Morgan fingerprint density at radius 1 is 1.09 bits per heavy atom. The molecule has 0 aliphatic rings. The normalized spacial score (nSPS) is 10.9. The molecule has 2 aromatic rings. The molecule has 1 unspecified atom stereocenters. The van der Waals surface area contributed by atoms with Crippen LogP contribution in [-0.2, 0) is 6.42 Å². The van der Waals surface area contributed by atoms with Gasteiger partial charge in [-0.15, -0.1) is 6.42 Å². The van der Waals surface area contributed by atoms with Gasteiger partial charge < -0.3 is 0 Å². The van der Waals surface area contributed by atoms with Crippen LogP contribution in [0.5, 0.6) is 0 Å². The summed E-state index contributed by atoms with van der Waals surface area (Å²) in [4.78, 5) is 11.0. The Kier molecular flexibility index (Phi) is 6.03. The average molecular weight is 286 g/mol. The second-order valence-electron chi connectivity index (χ2n) is 5.16. The lowest BCUT2D eigenvalue weighted by Gasteiger charge is -2.17. The molecule has 1 atom stereocenters. The maximum Gasteiger partial charge on any atom is 0.150 e. The first-order valence-corrected chi connectivity index (χ1v) is 7.36. The Labute approximate surface area is 132 Å². The first-order valence-electron chi connectivity index (χ1n) is 7.36. The zero-order valence-electron chi connectivity index (χ0n) is 12.5. The Bertz CT molecular complexity index is 711. The highest BCUT2D eigenvalue weighted by Gasteiger charge is 2.12. The van der Waals surface area contributed by atoms with Crippen molar-refractivity contribution in [2.45, 2.75) is 25.2 Å². The van der Waals surface area contributed by atoms with Crippen LogP contribution in [0.3, 0.4) is 0 Å². The van der Waals surface area contributed by atoms with Gasteiger partial charge in [0.1, 0.15) is 6.29 Å². The SMILES string of the molecule is C#CC#CCCC(Cc1ccccc1)c1cccc(C=O)c1. The Balaban J connectivity index is 2.20. The lowest BCUT2D eigenvalue weighted by molar-refractivity contribution is 0.112. The quantitative estimate of drug-likeness (QED) is 0.573. The number of hydrogen-bond acceptors (Lipinski definition) is 1. The van der Waals surface area contributed by atoms with Crippen molar-refractivity contribution >= 4 is 6.29 Å². The first-order chi connectivity index (χ1) is 10.8. The average Bonchev–Trinajstić information content (AvgIpc) is 2.58. The number of carbonyl (C=O) groups is 1. The zero-order valence-corrected chi connectivity index (χ0v) is 12.5. The van der Waals surface area contributed by atoms with Gasteiger partial charge in [-0.3, -0.25) is 4.79 Å². The topological polar surface area (TPSA) is 17.1 Å². The minimum Gasteiger partial charge on any atom is -0.298 e. The molecular formula is C21H18O. The highest BCUT2D eigenvalue weighted by Crippen LogP contribution is 2.26. The third-order valence-electron chi connectivity index (χ3n) is 3.62. The van der Waals surface area contributed by atoms with Gasteiger partial charge in [-0.1, -0.05) is 54.5 Å². The number of benzene rings is 2. The molecule has 0 saturated carbocycles. The molecule has 0 aromatic heterocycles. The third-order valence-corrected chi connectivity index (χ3v) is 3.62. The number of terminal acetylenes is 1. The molecule has 0 amide bonds. The van der Waals surface area contributed by atoms with Gasteiger partial charge in [0.2, 0.25) is 0 Å². The summed E-state index contributed by atoms with van der Waals surface area (Å²) in [6.45, 7) is 0. The zero-order chi connectivity index (χ0) is 15.6. The number of aldehydes is 1. The van der Waals surface area contributed by atoms with Crippen LogP contribution in [0.15, 0.2) is 54.6 Å². The molecule has 0 heterocycles. The van der Waals surface area contributed by atoms with Crippen molar-refractivity contribution in [2.75, 3.05) is 0 Å². The van der Waals surface area contributed by atoms with Gasteiger partial charge in [0.05, 0.1) is 0 Å². The fraction of sp³-hybridized carbons (Fsp3) is 0.190. The van der Waals surface area contributed by atoms with Crippen molar-refractivity contribution in [3.8, 4) is 24.2 Å². The minimum atomic E-state index is 0.328. The molecule has 0 bridgehead atoms. The predicted octanol–water partition coefficient (Wildman–Crippen LogP) is 4.24. The molecule has 0 N–H and O–H groups in total. The largest absolute Gasteiger partial charge is 0.298 e. The molecule has 0 radical (unpaired) electrons. The van der Waals surface area contributed by atoms with Crippen LogP contribution in [0.2, 0.25) is 0 Å². The highest BCUT2D eigenvalue weighted by molar-refractivity contribution is 5.75. The van der Waals surface area contributed by atoms with E-state index in [1.165, 1.54) is 11.1 Å². The molecule has 0 aliphatic heterocycles. The summed E-state index contributed by atoms with van der Waals surface area (Å²) >= 11 is 0. The molecule has 22 heavy (non-hydrogen) atoms. The Hall–Kier alpha value is -2.77. The van der Waals surface area contributed by atoms with Crippen molar-refractivity contribution in [1.29, 1.82) is 0 Å². The van der Waals surface area contributed by atoms with E-state index in [4.69, 9.17) is 6.42 Å². The first kappa shape index (κ1) is 15.6. The number of hydrogen-bond donors (Lipinski definition) is 0. The fourth-order valence-electron chi connectivity index (χ4n) is 2.53. The fourth-order valence-corrected chi connectivity index (χ4v) is 2.53. The molecule has 0 spiro atoms. The summed E-state index contributed by atoms with van der Waals surface area (Å²) in [6, 6.07) is 18.2. The molecular weight excluding hydrogens is 268 g/mol. The van der Waals surface area contributed by atoms with Gasteiger partial charge in [-0.05, 0) is 47.8 Å². The van der Waals surface area contributed by atoms with Crippen LogP contribution in [0.4, 0.5) is 0 Å². The van der Waals surface area contributed by atoms with Crippen molar-refractivity contribution in [2.24, 2.45) is 0 Å².